The summed E-state index contributed by atoms with van der Waals surface area (Å²) in [4.78, 5) is 20.4. The number of amides is 1. The number of hydrogen-bond donors (Lipinski definition) is 0. The van der Waals surface area contributed by atoms with Crippen LogP contribution in [0.2, 0.25) is 0 Å². The number of likely N-dealkylation sites (N-methyl/N-ethyl adjacent to an activating group) is 1. The predicted molar refractivity (Wildman–Crippen MR) is 103 cm³/mol. The summed E-state index contributed by atoms with van der Waals surface area (Å²) in [5, 5.41) is 0. The molecule has 1 fully saturated rings. The van der Waals surface area contributed by atoms with Crippen molar-refractivity contribution in [3.8, 4) is 0 Å². The molecule has 0 radical (unpaired) electrons. The van der Waals surface area contributed by atoms with Gasteiger partial charge in [-0.2, -0.15) is 4.31 Å². The maximum atomic E-state index is 12.9. The minimum Gasteiger partial charge on any atom is -0.347 e. The highest BCUT2D eigenvalue weighted by atomic mass is 32.2. The van der Waals surface area contributed by atoms with E-state index < -0.39 is 10.0 Å². The Hall–Kier alpha value is -1.67. The molecule has 7 nitrogen and oxygen atoms in total. The van der Waals surface area contributed by atoms with E-state index in [1.807, 2.05) is 32.6 Å². The lowest BCUT2D eigenvalue weighted by molar-refractivity contribution is -0.129. The van der Waals surface area contributed by atoms with Crippen molar-refractivity contribution < 1.29 is 13.2 Å². The van der Waals surface area contributed by atoms with Gasteiger partial charge in [-0.15, -0.1) is 0 Å². The summed E-state index contributed by atoms with van der Waals surface area (Å²) in [5.74, 6) is 0.689. The number of hydrogen-bond acceptors (Lipinski definition) is 5. The van der Waals surface area contributed by atoms with Gasteiger partial charge in [0.05, 0.1) is 0 Å². The molecule has 0 bridgehead atoms. The second kappa shape index (κ2) is 7.92. The molecular formula is C18H30N4O3S. The zero-order valence-corrected chi connectivity index (χ0v) is 17.3. The van der Waals surface area contributed by atoms with Crippen molar-refractivity contribution in [2.75, 3.05) is 25.5 Å². The van der Waals surface area contributed by atoms with Crippen LogP contribution in [0.15, 0.2) is 23.2 Å². The van der Waals surface area contributed by atoms with E-state index >= 15 is 0 Å². The molecule has 0 saturated carbocycles. The van der Waals surface area contributed by atoms with Crippen LogP contribution in [0.5, 0.6) is 0 Å². The molecule has 2 rings (SSSR count). The maximum absolute atomic E-state index is 12.9. The van der Waals surface area contributed by atoms with E-state index in [0.717, 1.165) is 19.4 Å². The molecule has 1 aliphatic heterocycles. The highest BCUT2D eigenvalue weighted by Gasteiger charge is 2.33. The summed E-state index contributed by atoms with van der Waals surface area (Å²) in [6.07, 6.45) is 3.10. The van der Waals surface area contributed by atoms with E-state index in [1.165, 1.54) is 10.5 Å². The molecule has 1 aromatic heterocycles. The molecule has 1 atom stereocenters. The number of anilines is 1. The van der Waals surface area contributed by atoms with Crippen LogP contribution in [-0.4, -0.2) is 67.3 Å². The zero-order valence-electron chi connectivity index (χ0n) is 16.5. The van der Waals surface area contributed by atoms with Crippen LogP contribution < -0.4 is 4.90 Å². The highest BCUT2D eigenvalue weighted by molar-refractivity contribution is 7.89. The van der Waals surface area contributed by atoms with Gasteiger partial charge in [0, 0.05) is 38.9 Å². The lowest BCUT2D eigenvalue weighted by Gasteiger charge is -2.30. The number of carbonyl (C=O) groups excluding carboxylic acids is 1. The highest BCUT2D eigenvalue weighted by Crippen LogP contribution is 2.27. The molecule has 146 valence electrons. The third-order valence-electron chi connectivity index (χ3n) is 4.59. The van der Waals surface area contributed by atoms with Gasteiger partial charge < -0.3 is 9.80 Å². The smallest absolute Gasteiger partial charge is 0.245 e. The summed E-state index contributed by atoms with van der Waals surface area (Å²) in [5.41, 5.74) is 0. The Bertz CT molecular complexity index is 721. The lowest BCUT2D eigenvalue weighted by atomic mass is 10.2. The first-order chi connectivity index (χ1) is 12.1. The van der Waals surface area contributed by atoms with E-state index in [0.29, 0.717) is 5.82 Å². The zero-order chi connectivity index (χ0) is 19.6. The normalized spacial score (nSPS) is 18.2. The summed E-state index contributed by atoms with van der Waals surface area (Å²) >= 11 is 0. The molecule has 1 amide bonds. The SMILES string of the molecule is CC(C)N(C(C)C)S(=O)(=O)c1ccc(N2CCC[C@H]2C(=O)N(C)C)nc1. The fraction of sp³-hybridized carbons (Fsp3) is 0.667. The fourth-order valence-corrected chi connectivity index (χ4v) is 5.34. The summed E-state index contributed by atoms with van der Waals surface area (Å²) < 4.78 is 27.3. The molecule has 1 saturated heterocycles. The third kappa shape index (κ3) is 4.01. The number of aromatic nitrogens is 1. The van der Waals surface area contributed by atoms with Crippen molar-refractivity contribution in [3.63, 3.8) is 0 Å². The van der Waals surface area contributed by atoms with Crippen molar-refractivity contribution in [2.24, 2.45) is 0 Å². The lowest BCUT2D eigenvalue weighted by Crippen LogP contribution is -2.43. The van der Waals surface area contributed by atoms with E-state index in [1.54, 1.807) is 31.1 Å². The van der Waals surface area contributed by atoms with Crippen LogP contribution in [0, 0.1) is 0 Å². The Labute approximate surface area is 157 Å². The van der Waals surface area contributed by atoms with Crippen LogP contribution in [0.25, 0.3) is 0 Å². The van der Waals surface area contributed by atoms with Crippen LogP contribution in [0.4, 0.5) is 5.82 Å². The predicted octanol–water partition coefficient (Wildman–Crippen LogP) is 1.95. The first-order valence-electron chi connectivity index (χ1n) is 9.04. The minimum absolute atomic E-state index is 0.0480. The van der Waals surface area contributed by atoms with Crippen LogP contribution in [0.1, 0.15) is 40.5 Å². The molecule has 26 heavy (non-hydrogen) atoms. The number of rotatable bonds is 6. The second-order valence-corrected chi connectivity index (χ2v) is 9.30. The van der Waals surface area contributed by atoms with Crippen molar-refractivity contribution >= 4 is 21.7 Å². The van der Waals surface area contributed by atoms with Crippen LogP contribution >= 0.6 is 0 Å². The van der Waals surface area contributed by atoms with Gasteiger partial charge in [0.25, 0.3) is 0 Å². The van der Waals surface area contributed by atoms with Gasteiger partial charge in [0.2, 0.25) is 15.9 Å². The molecule has 0 spiro atoms. The average Bonchev–Trinajstić information content (AvgIpc) is 3.02. The average molecular weight is 383 g/mol. The summed E-state index contributed by atoms with van der Waals surface area (Å²) in [6, 6.07) is 2.78. The van der Waals surface area contributed by atoms with E-state index in [4.69, 9.17) is 0 Å². The maximum Gasteiger partial charge on any atom is 0.245 e. The summed E-state index contributed by atoms with van der Waals surface area (Å²) in [6.45, 7) is 8.19. The monoisotopic (exact) mass is 382 g/mol. The van der Waals surface area contributed by atoms with Crippen molar-refractivity contribution in [1.29, 1.82) is 0 Å². The van der Waals surface area contributed by atoms with Gasteiger partial charge in [0.15, 0.2) is 0 Å². The van der Waals surface area contributed by atoms with Gasteiger partial charge in [-0.1, -0.05) is 0 Å². The van der Waals surface area contributed by atoms with Crippen molar-refractivity contribution in [3.05, 3.63) is 18.3 Å². The number of nitrogens with zero attached hydrogens (tertiary/aromatic N) is 4. The first-order valence-corrected chi connectivity index (χ1v) is 10.5. The Morgan fingerprint density at radius 3 is 2.27 bits per heavy atom. The second-order valence-electron chi connectivity index (χ2n) is 7.46. The molecule has 1 aliphatic rings. The number of sulfonamides is 1. The third-order valence-corrected chi connectivity index (χ3v) is 6.82. The fourth-order valence-electron chi connectivity index (χ4n) is 3.56. The molecule has 1 aromatic rings. The number of pyridine rings is 1. The largest absolute Gasteiger partial charge is 0.347 e. The van der Waals surface area contributed by atoms with Crippen LogP contribution in [0.3, 0.4) is 0 Å². The Morgan fingerprint density at radius 2 is 1.81 bits per heavy atom. The van der Waals surface area contributed by atoms with Gasteiger partial charge in [0.1, 0.15) is 16.8 Å². The molecule has 0 unspecified atom stereocenters. The van der Waals surface area contributed by atoms with Crippen molar-refractivity contribution in [2.45, 2.75) is 63.6 Å². The number of carbonyl (C=O) groups is 1. The molecule has 0 N–H and O–H groups in total. The Morgan fingerprint density at radius 1 is 1.19 bits per heavy atom. The van der Waals surface area contributed by atoms with Crippen molar-refractivity contribution in [1.82, 2.24) is 14.2 Å². The van der Waals surface area contributed by atoms with Gasteiger partial charge >= 0.3 is 0 Å². The quantitative estimate of drug-likeness (QED) is 0.752. The van der Waals surface area contributed by atoms with Gasteiger partial charge in [-0.25, -0.2) is 13.4 Å². The minimum atomic E-state index is -3.61. The Balaban J connectivity index is 2.29. The molecule has 2 heterocycles. The summed E-state index contributed by atoms with van der Waals surface area (Å²) in [7, 11) is -0.117. The molecular weight excluding hydrogens is 352 g/mol. The van der Waals surface area contributed by atoms with Gasteiger partial charge in [-0.05, 0) is 52.7 Å². The standard InChI is InChI=1S/C18H30N4O3S/c1-13(2)22(14(3)4)26(24,25)15-9-10-17(19-12-15)21-11-7-8-16(21)18(23)20(5)6/h9-10,12-14,16H,7-8,11H2,1-6H3/t16-/m0/s1. The molecule has 0 aliphatic carbocycles. The molecule has 8 heteroatoms. The molecule has 0 aromatic carbocycles. The van der Waals surface area contributed by atoms with E-state index in [2.05, 4.69) is 4.98 Å². The Kier molecular flexibility index (Phi) is 6.29. The first kappa shape index (κ1) is 20.6. The van der Waals surface area contributed by atoms with Crippen LogP contribution in [-0.2, 0) is 14.8 Å². The van der Waals surface area contributed by atoms with E-state index in [-0.39, 0.29) is 28.9 Å². The topological polar surface area (TPSA) is 73.8 Å². The van der Waals surface area contributed by atoms with Gasteiger partial charge in [-0.3, -0.25) is 4.79 Å². The van der Waals surface area contributed by atoms with E-state index in [9.17, 15) is 13.2 Å².